The van der Waals surface area contributed by atoms with E-state index in [0.29, 0.717) is 5.41 Å². The van der Waals surface area contributed by atoms with Crippen molar-refractivity contribution in [2.45, 2.75) is 33.2 Å². The molecule has 3 nitrogen and oxygen atoms in total. The van der Waals surface area contributed by atoms with Crippen molar-refractivity contribution < 1.29 is 0 Å². The summed E-state index contributed by atoms with van der Waals surface area (Å²) in [6.07, 6.45) is 2.55. The monoisotopic (exact) mass is 283 g/mol. The number of hydrogen-bond acceptors (Lipinski definition) is 3. The molecular formula is C18H25N3. The molecular weight excluding hydrogens is 258 g/mol. The molecule has 0 unspecified atom stereocenters. The van der Waals surface area contributed by atoms with Gasteiger partial charge in [0.25, 0.3) is 0 Å². The molecule has 21 heavy (non-hydrogen) atoms. The first-order valence-electron chi connectivity index (χ1n) is 7.87. The van der Waals surface area contributed by atoms with Crippen LogP contribution in [0.1, 0.15) is 32.3 Å². The van der Waals surface area contributed by atoms with Gasteiger partial charge < -0.3 is 10.2 Å². The number of nitrogens with one attached hydrogen (secondary N) is 1. The van der Waals surface area contributed by atoms with Crippen LogP contribution in [0, 0.1) is 5.41 Å². The van der Waals surface area contributed by atoms with E-state index in [2.05, 4.69) is 54.4 Å². The van der Waals surface area contributed by atoms with Gasteiger partial charge in [0.15, 0.2) is 0 Å². The standard InChI is InChI=1S/C18H25N3/c1-18(2)9-6-10-21(13-18)17-15(12-19-3)11-14-7-4-5-8-16(14)20-17/h4-5,7-8,11,19H,6,9-10,12-13H2,1-3H3. The normalized spacial score (nSPS) is 18.1. The number of rotatable bonds is 3. The van der Waals surface area contributed by atoms with Crippen LogP contribution in [0.4, 0.5) is 5.82 Å². The predicted molar refractivity (Wildman–Crippen MR) is 89.7 cm³/mol. The minimum Gasteiger partial charge on any atom is -0.356 e. The first-order chi connectivity index (χ1) is 10.1. The highest BCUT2D eigenvalue weighted by Gasteiger charge is 2.28. The SMILES string of the molecule is CNCc1cc2ccccc2nc1N1CCCC(C)(C)C1. The number of benzene rings is 1. The maximum atomic E-state index is 4.97. The highest BCUT2D eigenvalue weighted by molar-refractivity contribution is 5.81. The van der Waals surface area contributed by atoms with Crippen LogP contribution < -0.4 is 10.2 Å². The second-order valence-corrected chi connectivity index (χ2v) is 6.88. The number of hydrogen-bond donors (Lipinski definition) is 1. The zero-order chi connectivity index (χ0) is 14.9. The molecule has 0 radical (unpaired) electrons. The second kappa shape index (κ2) is 5.64. The molecule has 1 aromatic carbocycles. The molecule has 0 spiro atoms. The average molecular weight is 283 g/mol. The summed E-state index contributed by atoms with van der Waals surface area (Å²) in [5.74, 6) is 1.16. The Morgan fingerprint density at radius 2 is 2.10 bits per heavy atom. The molecule has 1 aromatic heterocycles. The Kier molecular flexibility index (Phi) is 3.85. The molecule has 1 aliphatic rings. The van der Waals surface area contributed by atoms with Crippen molar-refractivity contribution in [1.29, 1.82) is 0 Å². The summed E-state index contributed by atoms with van der Waals surface area (Å²) in [5.41, 5.74) is 2.77. The van der Waals surface area contributed by atoms with Crippen LogP contribution in [0.5, 0.6) is 0 Å². The molecule has 0 saturated carbocycles. The largest absolute Gasteiger partial charge is 0.356 e. The molecule has 112 valence electrons. The van der Waals surface area contributed by atoms with Crippen LogP contribution in [0.25, 0.3) is 10.9 Å². The van der Waals surface area contributed by atoms with Crippen LogP contribution in [-0.2, 0) is 6.54 Å². The Hall–Kier alpha value is -1.61. The van der Waals surface area contributed by atoms with Crippen LogP contribution in [-0.4, -0.2) is 25.1 Å². The number of para-hydroxylation sites is 1. The third kappa shape index (κ3) is 3.03. The minimum atomic E-state index is 0.377. The number of fused-ring (bicyclic) bond motifs is 1. The molecule has 0 atom stereocenters. The zero-order valence-electron chi connectivity index (χ0n) is 13.3. The Bertz CT molecular complexity index is 633. The quantitative estimate of drug-likeness (QED) is 0.933. The molecule has 0 bridgehead atoms. The molecule has 1 aliphatic heterocycles. The van der Waals surface area contributed by atoms with Gasteiger partial charge in [-0.1, -0.05) is 32.0 Å². The van der Waals surface area contributed by atoms with Gasteiger partial charge >= 0.3 is 0 Å². The highest BCUT2D eigenvalue weighted by Crippen LogP contribution is 2.33. The van der Waals surface area contributed by atoms with E-state index in [1.54, 1.807) is 0 Å². The number of anilines is 1. The maximum Gasteiger partial charge on any atom is 0.133 e. The van der Waals surface area contributed by atoms with E-state index in [1.807, 2.05) is 7.05 Å². The molecule has 1 N–H and O–H groups in total. The third-order valence-corrected chi connectivity index (χ3v) is 4.35. The van der Waals surface area contributed by atoms with E-state index in [-0.39, 0.29) is 0 Å². The van der Waals surface area contributed by atoms with Crippen molar-refractivity contribution >= 4 is 16.7 Å². The lowest BCUT2D eigenvalue weighted by atomic mass is 9.84. The minimum absolute atomic E-state index is 0.377. The van der Waals surface area contributed by atoms with Crippen LogP contribution >= 0.6 is 0 Å². The lowest BCUT2D eigenvalue weighted by Gasteiger charge is -2.39. The van der Waals surface area contributed by atoms with Gasteiger partial charge in [-0.3, -0.25) is 0 Å². The third-order valence-electron chi connectivity index (χ3n) is 4.35. The van der Waals surface area contributed by atoms with Crippen LogP contribution in [0.15, 0.2) is 30.3 Å². The van der Waals surface area contributed by atoms with Crippen molar-refractivity contribution in [3.63, 3.8) is 0 Å². The molecule has 1 saturated heterocycles. The first-order valence-corrected chi connectivity index (χ1v) is 7.87. The van der Waals surface area contributed by atoms with Crippen LogP contribution in [0.2, 0.25) is 0 Å². The van der Waals surface area contributed by atoms with Crippen molar-refractivity contribution in [2.75, 3.05) is 25.0 Å². The van der Waals surface area contributed by atoms with Gasteiger partial charge in [-0.2, -0.15) is 0 Å². The van der Waals surface area contributed by atoms with E-state index in [9.17, 15) is 0 Å². The second-order valence-electron chi connectivity index (χ2n) is 6.88. The van der Waals surface area contributed by atoms with E-state index in [0.717, 1.165) is 31.0 Å². The summed E-state index contributed by atoms with van der Waals surface area (Å²) >= 11 is 0. The van der Waals surface area contributed by atoms with E-state index >= 15 is 0 Å². The Balaban J connectivity index is 2.04. The van der Waals surface area contributed by atoms with Crippen molar-refractivity contribution in [1.82, 2.24) is 10.3 Å². The number of pyridine rings is 1. The van der Waals surface area contributed by atoms with Crippen molar-refractivity contribution in [3.8, 4) is 0 Å². The molecule has 2 aromatic rings. The average Bonchev–Trinajstić information content (AvgIpc) is 2.46. The van der Waals surface area contributed by atoms with Gasteiger partial charge in [-0.15, -0.1) is 0 Å². The summed E-state index contributed by atoms with van der Waals surface area (Å²) in [6.45, 7) is 7.79. The Morgan fingerprint density at radius 1 is 1.29 bits per heavy atom. The topological polar surface area (TPSA) is 28.2 Å². The highest BCUT2D eigenvalue weighted by atomic mass is 15.2. The maximum absolute atomic E-state index is 4.97. The fraction of sp³-hybridized carbons (Fsp3) is 0.500. The fourth-order valence-electron chi connectivity index (χ4n) is 3.35. The van der Waals surface area contributed by atoms with Gasteiger partial charge in [0.05, 0.1) is 5.52 Å². The fourth-order valence-corrected chi connectivity index (χ4v) is 3.35. The van der Waals surface area contributed by atoms with Crippen LogP contribution in [0.3, 0.4) is 0 Å². The Morgan fingerprint density at radius 3 is 2.86 bits per heavy atom. The van der Waals surface area contributed by atoms with E-state index in [1.165, 1.54) is 23.8 Å². The van der Waals surface area contributed by atoms with E-state index in [4.69, 9.17) is 4.98 Å². The van der Waals surface area contributed by atoms with Gasteiger partial charge in [0.2, 0.25) is 0 Å². The summed E-state index contributed by atoms with van der Waals surface area (Å²) in [4.78, 5) is 7.44. The van der Waals surface area contributed by atoms with Gasteiger partial charge in [-0.05, 0) is 37.4 Å². The molecule has 1 fully saturated rings. The summed E-state index contributed by atoms with van der Waals surface area (Å²) < 4.78 is 0. The van der Waals surface area contributed by atoms with Gasteiger partial charge in [0.1, 0.15) is 5.82 Å². The summed E-state index contributed by atoms with van der Waals surface area (Å²) in [6, 6.07) is 10.7. The molecule has 3 rings (SSSR count). The number of nitrogens with zero attached hydrogens (tertiary/aromatic N) is 2. The van der Waals surface area contributed by atoms with Gasteiger partial charge in [-0.25, -0.2) is 4.98 Å². The molecule has 0 aliphatic carbocycles. The predicted octanol–water partition coefficient (Wildman–Crippen LogP) is 3.58. The summed E-state index contributed by atoms with van der Waals surface area (Å²) in [7, 11) is 2.00. The van der Waals surface area contributed by atoms with Gasteiger partial charge in [0, 0.05) is 30.6 Å². The number of piperidine rings is 1. The lowest BCUT2D eigenvalue weighted by Crippen LogP contribution is -2.41. The summed E-state index contributed by atoms with van der Waals surface area (Å²) in [5, 5.41) is 4.51. The van der Waals surface area contributed by atoms with E-state index < -0.39 is 0 Å². The first kappa shape index (κ1) is 14.3. The van der Waals surface area contributed by atoms with Crippen molar-refractivity contribution in [2.24, 2.45) is 5.41 Å². The smallest absolute Gasteiger partial charge is 0.133 e. The lowest BCUT2D eigenvalue weighted by molar-refractivity contribution is 0.292. The Labute approximate surface area is 127 Å². The molecule has 3 heteroatoms. The molecule has 0 amide bonds. The number of aromatic nitrogens is 1. The molecule has 2 heterocycles. The zero-order valence-corrected chi connectivity index (χ0v) is 13.3. The van der Waals surface area contributed by atoms with Crippen molar-refractivity contribution in [3.05, 3.63) is 35.9 Å².